The zero-order valence-corrected chi connectivity index (χ0v) is 15.6. The summed E-state index contributed by atoms with van der Waals surface area (Å²) < 4.78 is 0. The Bertz CT molecular complexity index is 125. The van der Waals surface area contributed by atoms with Gasteiger partial charge < -0.3 is 5.32 Å². The second-order valence-corrected chi connectivity index (χ2v) is 6.51. The topological polar surface area (TPSA) is 12.0 Å². The molecule has 0 aliphatic carbocycles. The maximum atomic E-state index is 3.51. The molecule has 0 saturated carbocycles. The van der Waals surface area contributed by atoms with Crippen molar-refractivity contribution in [2.24, 2.45) is 0 Å². The van der Waals surface area contributed by atoms with Crippen LogP contribution in [0.5, 0.6) is 0 Å². The standard InChI is InChI=1S/C16H35N.C2H6S/c1-3-5-7-8-9-10-11-12-13-14-16-17-15-6-4-2;1-3-2/h17H,3-16H2,1-2H3;1-2H3. The van der Waals surface area contributed by atoms with E-state index in [1.165, 1.54) is 90.1 Å². The van der Waals surface area contributed by atoms with Gasteiger partial charge in [-0.05, 0) is 38.4 Å². The minimum Gasteiger partial charge on any atom is -0.317 e. The zero-order chi connectivity index (χ0) is 15.3. The maximum absolute atomic E-state index is 3.51. The summed E-state index contributed by atoms with van der Waals surface area (Å²) in [5.41, 5.74) is 0. The van der Waals surface area contributed by atoms with Crippen LogP contribution in [0.15, 0.2) is 0 Å². The van der Waals surface area contributed by atoms with E-state index in [1.807, 2.05) is 12.5 Å². The van der Waals surface area contributed by atoms with Crippen LogP contribution in [0.2, 0.25) is 0 Å². The van der Waals surface area contributed by atoms with Crippen LogP contribution in [-0.2, 0) is 0 Å². The van der Waals surface area contributed by atoms with Crippen molar-refractivity contribution in [2.45, 2.75) is 90.9 Å². The molecule has 0 saturated heterocycles. The second-order valence-electron chi connectivity index (χ2n) is 5.69. The molecule has 0 aromatic heterocycles. The number of unbranched alkanes of at least 4 members (excludes halogenated alkanes) is 10. The van der Waals surface area contributed by atoms with Crippen LogP contribution in [-0.4, -0.2) is 25.6 Å². The Kier molecular flexibility index (Phi) is 27.5. The maximum Gasteiger partial charge on any atom is -0.00489 e. The molecule has 0 radical (unpaired) electrons. The van der Waals surface area contributed by atoms with Gasteiger partial charge in [0.05, 0.1) is 0 Å². The van der Waals surface area contributed by atoms with Crippen molar-refractivity contribution in [1.82, 2.24) is 5.32 Å². The third kappa shape index (κ3) is 26.8. The molecular weight excluding hydrogens is 262 g/mol. The van der Waals surface area contributed by atoms with Crippen molar-refractivity contribution in [3.05, 3.63) is 0 Å². The van der Waals surface area contributed by atoms with Crippen LogP contribution < -0.4 is 5.32 Å². The van der Waals surface area contributed by atoms with Gasteiger partial charge in [-0.25, -0.2) is 0 Å². The van der Waals surface area contributed by atoms with Gasteiger partial charge in [0.1, 0.15) is 0 Å². The Hall–Kier alpha value is 0.310. The smallest absolute Gasteiger partial charge is 0.00489 e. The molecule has 0 atom stereocenters. The average molecular weight is 304 g/mol. The first-order valence-electron chi connectivity index (χ1n) is 8.94. The minimum atomic E-state index is 1.22. The molecule has 0 aromatic rings. The molecule has 0 aromatic carbocycles. The van der Waals surface area contributed by atoms with Crippen LogP contribution in [0.1, 0.15) is 90.9 Å². The Labute approximate surface area is 134 Å². The van der Waals surface area contributed by atoms with E-state index in [9.17, 15) is 0 Å². The number of rotatable bonds is 14. The summed E-state index contributed by atoms with van der Waals surface area (Å²) in [6, 6.07) is 0. The SMILES string of the molecule is CCCCCCCCCCCCNCCCC.CSC. The van der Waals surface area contributed by atoms with Gasteiger partial charge in [-0.3, -0.25) is 0 Å². The minimum absolute atomic E-state index is 1.22. The number of thioether (sulfide) groups is 1. The summed E-state index contributed by atoms with van der Waals surface area (Å²) in [6.45, 7) is 6.99. The molecule has 0 heterocycles. The van der Waals surface area contributed by atoms with Gasteiger partial charge in [0.2, 0.25) is 0 Å². The first-order valence-corrected chi connectivity index (χ1v) is 10.6. The van der Waals surface area contributed by atoms with Gasteiger partial charge in [0, 0.05) is 0 Å². The van der Waals surface area contributed by atoms with E-state index in [1.54, 1.807) is 11.8 Å². The molecule has 20 heavy (non-hydrogen) atoms. The van der Waals surface area contributed by atoms with E-state index in [0.29, 0.717) is 0 Å². The van der Waals surface area contributed by atoms with E-state index in [0.717, 1.165) is 0 Å². The first kappa shape index (κ1) is 22.6. The molecule has 124 valence electrons. The van der Waals surface area contributed by atoms with Crippen LogP contribution >= 0.6 is 11.8 Å². The van der Waals surface area contributed by atoms with E-state index in [4.69, 9.17) is 0 Å². The van der Waals surface area contributed by atoms with E-state index < -0.39 is 0 Å². The molecule has 0 rings (SSSR count). The predicted octanol–water partition coefficient (Wildman–Crippen LogP) is 6.28. The Balaban J connectivity index is 0. The van der Waals surface area contributed by atoms with Crippen molar-refractivity contribution in [2.75, 3.05) is 25.6 Å². The van der Waals surface area contributed by atoms with Gasteiger partial charge in [-0.2, -0.15) is 11.8 Å². The first-order chi connectivity index (χ1) is 9.83. The molecule has 2 heteroatoms. The van der Waals surface area contributed by atoms with E-state index in [-0.39, 0.29) is 0 Å². The fraction of sp³-hybridized carbons (Fsp3) is 1.00. The highest BCUT2D eigenvalue weighted by atomic mass is 32.2. The normalized spacial score (nSPS) is 10.2. The summed E-state index contributed by atoms with van der Waals surface area (Å²) in [5.74, 6) is 0. The highest BCUT2D eigenvalue weighted by Gasteiger charge is 1.92. The van der Waals surface area contributed by atoms with Gasteiger partial charge in [0.25, 0.3) is 0 Å². The Morgan fingerprint density at radius 2 is 0.900 bits per heavy atom. The van der Waals surface area contributed by atoms with Crippen LogP contribution in [0.4, 0.5) is 0 Å². The molecule has 0 bridgehead atoms. The van der Waals surface area contributed by atoms with E-state index >= 15 is 0 Å². The quantitative estimate of drug-likeness (QED) is 0.379. The third-order valence-corrected chi connectivity index (χ3v) is 3.41. The molecule has 0 aliphatic heterocycles. The van der Waals surface area contributed by atoms with Gasteiger partial charge in [0.15, 0.2) is 0 Å². The average Bonchev–Trinajstić information content (AvgIpc) is 2.45. The molecular formula is C18H41NS. The number of nitrogens with one attached hydrogen (secondary N) is 1. The van der Waals surface area contributed by atoms with Gasteiger partial charge in [-0.15, -0.1) is 0 Å². The summed E-state index contributed by atoms with van der Waals surface area (Å²) in [6.07, 6.45) is 21.1. The highest BCUT2D eigenvalue weighted by molar-refractivity contribution is 7.97. The zero-order valence-electron chi connectivity index (χ0n) is 14.8. The van der Waals surface area contributed by atoms with Crippen molar-refractivity contribution in [3.8, 4) is 0 Å². The van der Waals surface area contributed by atoms with E-state index in [2.05, 4.69) is 19.2 Å². The molecule has 1 N–H and O–H groups in total. The lowest BCUT2D eigenvalue weighted by Gasteiger charge is -2.04. The molecule has 0 spiro atoms. The summed E-state index contributed by atoms with van der Waals surface area (Å²) in [4.78, 5) is 0. The van der Waals surface area contributed by atoms with Crippen LogP contribution in [0.3, 0.4) is 0 Å². The highest BCUT2D eigenvalue weighted by Crippen LogP contribution is 2.10. The Morgan fingerprint density at radius 1 is 0.550 bits per heavy atom. The number of hydrogen-bond acceptors (Lipinski definition) is 2. The van der Waals surface area contributed by atoms with Crippen LogP contribution in [0.25, 0.3) is 0 Å². The largest absolute Gasteiger partial charge is 0.317 e. The molecule has 0 amide bonds. The monoisotopic (exact) mass is 303 g/mol. The lowest BCUT2D eigenvalue weighted by molar-refractivity contribution is 0.540. The fourth-order valence-corrected chi connectivity index (χ4v) is 2.16. The Morgan fingerprint density at radius 3 is 1.35 bits per heavy atom. The number of hydrogen-bond donors (Lipinski definition) is 1. The lowest BCUT2D eigenvalue weighted by atomic mass is 10.1. The summed E-state index contributed by atoms with van der Waals surface area (Å²) >= 11 is 1.75. The predicted molar refractivity (Wildman–Crippen MR) is 99.1 cm³/mol. The lowest BCUT2D eigenvalue weighted by Crippen LogP contribution is -2.16. The van der Waals surface area contributed by atoms with Crippen LogP contribution in [0, 0.1) is 0 Å². The van der Waals surface area contributed by atoms with Gasteiger partial charge >= 0.3 is 0 Å². The molecule has 1 nitrogen and oxygen atoms in total. The molecule has 0 fully saturated rings. The van der Waals surface area contributed by atoms with Gasteiger partial charge in [-0.1, -0.05) is 78.1 Å². The second kappa shape index (κ2) is 24.3. The van der Waals surface area contributed by atoms with Crippen molar-refractivity contribution < 1.29 is 0 Å². The third-order valence-electron chi connectivity index (χ3n) is 3.41. The van der Waals surface area contributed by atoms with Crippen molar-refractivity contribution >= 4 is 11.8 Å². The molecule has 0 aliphatic rings. The van der Waals surface area contributed by atoms with Crippen molar-refractivity contribution in [3.63, 3.8) is 0 Å². The molecule has 0 unspecified atom stereocenters. The fourth-order valence-electron chi connectivity index (χ4n) is 2.16. The summed E-state index contributed by atoms with van der Waals surface area (Å²) in [5, 5.41) is 3.51. The summed E-state index contributed by atoms with van der Waals surface area (Å²) in [7, 11) is 0. The van der Waals surface area contributed by atoms with Crippen molar-refractivity contribution in [1.29, 1.82) is 0 Å².